The van der Waals surface area contributed by atoms with Crippen molar-refractivity contribution in [2.24, 2.45) is 0 Å². The molecule has 1 saturated heterocycles. The van der Waals surface area contributed by atoms with Gasteiger partial charge in [0, 0.05) is 30.3 Å². The van der Waals surface area contributed by atoms with Crippen LogP contribution in [0.25, 0.3) is 0 Å². The SMILES string of the molecule is CCCCOP(OC1CC(N2C=C(C)C(=O)CC2=O)OC1COC(c1ccccc1)(c1ccc(OC)cc1)c1ccc(OC)cc1)N(C(C)C)C(C)C. The molecule has 286 valence electrons. The van der Waals surface area contributed by atoms with Crippen molar-refractivity contribution in [1.29, 1.82) is 0 Å². The number of hydrogen-bond acceptors (Lipinski definition) is 9. The summed E-state index contributed by atoms with van der Waals surface area (Å²) in [5, 5.41) is 0. The summed E-state index contributed by atoms with van der Waals surface area (Å²) in [5.41, 5.74) is 2.13. The fraction of sp³-hybridized carbons (Fsp3) is 0.476. The van der Waals surface area contributed by atoms with Crippen molar-refractivity contribution in [3.63, 3.8) is 0 Å². The lowest BCUT2D eigenvalue weighted by Gasteiger charge is -2.39. The minimum atomic E-state index is -1.50. The zero-order valence-corrected chi connectivity index (χ0v) is 33.2. The maximum atomic E-state index is 13.3. The maximum Gasteiger partial charge on any atom is 0.259 e. The lowest BCUT2D eigenvalue weighted by atomic mass is 9.80. The van der Waals surface area contributed by atoms with Crippen LogP contribution in [0.4, 0.5) is 0 Å². The minimum absolute atomic E-state index is 0.110. The normalized spacial score (nSPS) is 20.0. The van der Waals surface area contributed by atoms with Crippen molar-refractivity contribution in [1.82, 2.24) is 9.57 Å². The molecule has 1 fully saturated rings. The van der Waals surface area contributed by atoms with Gasteiger partial charge in [0.25, 0.3) is 8.53 Å². The average Bonchev–Trinajstić information content (AvgIpc) is 3.56. The Morgan fingerprint density at radius 3 is 1.96 bits per heavy atom. The number of nitrogens with zero attached hydrogens (tertiary/aromatic N) is 2. The molecule has 11 heteroatoms. The van der Waals surface area contributed by atoms with E-state index in [-0.39, 0.29) is 36.8 Å². The van der Waals surface area contributed by atoms with Crippen molar-refractivity contribution in [2.45, 2.75) is 103 Å². The first-order valence-corrected chi connectivity index (χ1v) is 19.7. The van der Waals surface area contributed by atoms with E-state index in [1.165, 1.54) is 0 Å². The Labute approximate surface area is 316 Å². The third-order valence-electron chi connectivity index (χ3n) is 9.67. The van der Waals surface area contributed by atoms with E-state index in [4.69, 9.17) is 28.0 Å². The van der Waals surface area contributed by atoms with Crippen LogP contribution >= 0.6 is 8.53 Å². The van der Waals surface area contributed by atoms with Gasteiger partial charge in [0.15, 0.2) is 5.78 Å². The van der Waals surface area contributed by atoms with Gasteiger partial charge in [-0.25, -0.2) is 4.67 Å². The van der Waals surface area contributed by atoms with Gasteiger partial charge in [-0.1, -0.05) is 67.9 Å². The van der Waals surface area contributed by atoms with Crippen LogP contribution in [0.1, 0.15) is 83.9 Å². The fourth-order valence-electron chi connectivity index (χ4n) is 6.91. The van der Waals surface area contributed by atoms with E-state index in [1.807, 2.05) is 66.7 Å². The average molecular weight is 747 g/mol. The summed E-state index contributed by atoms with van der Waals surface area (Å²) in [4.78, 5) is 27.2. The Morgan fingerprint density at radius 1 is 0.868 bits per heavy atom. The zero-order valence-electron chi connectivity index (χ0n) is 32.3. The summed E-state index contributed by atoms with van der Waals surface area (Å²) in [5.74, 6) is 0.977. The Hall–Kier alpha value is -3.63. The molecule has 0 aliphatic carbocycles. The van der Waals surface area contributed by atoms with Gasteiger partial charge in [-0.3, -0.25) is 14.5 Å². The molecule has 53 heavy (non-hydrogen) atoms. The van der Waals surface area contributed by atoms with Crippen LogP contribution in [0.2, 0.25) is 0 Å². The number of methoxy groups -OCH3 is 2. The van der Waals surface area contributed by atoms with Gasteiger partial charge < -0.3 is 28.0 Å². The summed E-state index contributed by atoms with van der Waals surface area (Å²) in [6, 6.07) is 26.2. The van der Waals surface area contributed by atoms with E-state index >= 15 is 0 Å². The Morgan fingerprint density at radius 2 is 1.43 bits per heavy atom. The van der Waals surface area contributed by atoms with Gasteiger partial charge in [-0.05, 0) is 82.0 Å². The molecule has 2 heterocycles. The Bertz CT molecular complexity index is 1610. The number of ether oxygens (including phenoxy) is 4. The Kier molecular flexibility index (Phi) is 14.2. The second-order valence-electron chi connectivity index (χ2n) is 14.0. The number of allylic oxidation sites excluding steroid dienone is 1. The first-order valence-electron chi connectivity index (χ1n) is 18.6. The van der Waals surface area contributed by atoms with Crippen LogP contribution in [-0.2, 0) is 33.7 Å². The van der Waals surface area contributed by atoms with Gasteiger partial charge >= 0.3 is 0 Å². The van der Waals surface area contributed by atoms with Crippen molar-refractivity contribution in [3.8, 4) is 11.5 Å². The van der Waals surface area contributed by atoms with E-state index in [9.17, 15) is 9.59 Å². The van der Waals surface area contributed by atoms with Crippen molar-refractivity contribution in [3.05, 3.63) is 107 Å². The number of amides is 1. The highest BCUT2D eigenvalue weighted by Crippen LogP contribution is 2.50. The maximum absolute atomic E-state index is 13.3. The summed E-state index contributed by atoms with van der Waals surface area (Å²) in [7, 11) is 1.79. The smallest absolute Gasteiger partial charge is 0.259 e. The number of hydrogen-bond donors (Lipinski definition) is 0. The number of carbonyl (C=O) groups is 2. The predicted molar refractivity (Wildman–Crippen MR) is 207 cm³/mol. The van der Waals surface area contributed by atoms with Gasteiger partial charge in [0.2, 0.25) is 5.91 Å². The van der Waals surface area contributed by atoms with E-state index in [2.05, 4.69) is 51.4 Å². The van der Waals surface area contributed by atoms with E-state index < -0.39 is 32.6 Å². The molecular formula is C42H55N2O8P. The molecule has 3 aromatic carbocycles. The lowest BCUT2D eigenvalue weighted by molar-refractivity contribution is -0.147. The first-order chi connectivity index (χ1) is 25.5. The van der Waals surface area contributed by atoms with Gasteiger partial charge in [-0.2, -0.15) is 0 Å². The number of ketones is 1. The summed E-state index contributed by atoms with van der Waals surface area (Å²) < 4.78 is 40.9. The molecule has 1 amide bonds. The second kappa shape index (κ2) is 18.6. The fourth-order valence-corrected chi connectivity index (χ4v) is 8.70. The molecule has 0 bridgehead atoms. The monoisotopic (exact) mass is 746 g/mol. The number of carbonyl (C=O) groups excluding carboxylic acids is 2. The Balaban J connectivity index is 1.58. The largest absolute Gasteiger partial charge is 0.497 e. The number of benzene rings is 3. The second-order valence-corrected chi connectivity index (χ2v) is 15.4. The van der Waals surface area contributed by atoms with E-state index in [0.717, 1.165) is 41.0 Å². The van der Waals surface area contributed by atoms with Crippen LogP contribution in [0.3, 0.4) is 0 Å². The highest BCUT2D eigenvalue weighted by molar-refractivity contribution is 7.44. The van der Waals surface area contributed by atoms with Gasteiger partial charge in [-0.15, -0.1) is 0 Å². The van der Waals surface area contributed by atoms with E-state index in [0.29, 0.717) is 18.6 Å². The third-order valence-corrected chi connectivity index (χ3v) is 11.8. The highest BCUT2D eigenvalue weighted by Gasteiger charge is 2.47. The number of unbranched alkanes of at least 4 members (excludes halogenated alkanes) is 1. The predicted octanol–water partition coefficient (Wildman–Crippen LogP) is 8.38. The van der Waals surface area contributed by atoms with Crippen molar-refractivity contribution in [2.75, 3.05) is 27.4 Å². The molecule has 0 N–H and O–H groups in total. The topological polar surface area (TPSA) is 96.0 Å². The quantitative estimate of drug-likeness (QED) is 0.0551. The standard InChI is InChI=1S/C42H55N2O8P/c1-9-10-24-50-53(44(29(2)3)30(4)5)52-38-26-41(43-27-31(6)37(45)25-40(43)46)51-39(38)28-49-42(32-14-12-11-13-15-32,33-16-20-35(47-7)21-17-33)34-18-22-36(48-8)23-19-34/h11-23,27,29-30,38-39,41H,9-10,24-26,28H2,1-8H3. The molecule has 5 rings (SSSR count). The van der Waals surface area contributed by atoms with E-state index in [1.54, 1.807) is 32.2 Å². The van der Waals surface area contributed by atoms with Crippen molar-refractivity contribution < 1.29 is 37.6 Å². The van der Waals surface area contributed by atoms with Gasteiger partial charge in [0.05, 0.1) is 40.0 Å². The summed E-state index contributed by atoms with van der Waals surface area (Å²) in [6.07, 6.45) is 1.95. The molecule has 4 unspecified atom stereocenters. The molecular weight excluding hydrogens is 691 g/mol. The zero-order chi connectivity index (χ0) is 38.1. The van der Waals surface area contributed by atoms with Crippen LogP contribution < -0.4 is 9.47 Å². The molecule has 0 aromatic heterocycles. The van der Waals surface area contributed by atoms with Crippen LogP contribution in [0.5, 0.6) is 11.5 Å². The molecule has 0 spiro atoms. The summed E-state index contributed by atoms with van der Waals surface area (Å²) >= 11 is 0. The molecule has 0 saturated carbocycles. The highest BCUT2D eigenvalue weighted by atomic mass is 31.2. The lowest BCUT2D eigenvalue weighted by Crippen LogP contribution is -2.41. The van der Waals surface area contributed by atoms with Crippen LogP contribution in [0.15, 0.2) is 90.6 Å². The van der Waals surface area contributed by atoms with Crippen LogP contribution in [0, 0.1) is 0 Å². The third kappa shape index (κ3) is 9.37. The molecule has 0 radical (unpaired) electrons. The molecule has 3 aromatic rings. The molecule has 2 aliphatic heterocycles. The van der Waals surface area contributed by atoms with Gasteiger partial charge in [0.1, 0.15) is 29.4 Å². The van der Waals surface area contributed by atoms with Crippen molar-refractivity contribution >= 4 is 20.2 Å². The molecule has 10 nitrogen and oxygen atoms in total. The molecule has 2 aliphatic rings. The molecule has 4 atom stereocenters. The summed E-state index contributed by atoms with van der Waals surface area (Å²) in [6.45, 7) is 13.1. The number of rotatable bonds is 18. The first kappa shape index (κ1) is 40.6. The minimum Gasteiger partial charge on any atom is -0.497 e. The van der Waals surface area contributed by atoms with Crippen LogP contribution in [-0.4, -0.2) is 79.2 Å². The number of Topliss-reactive ketones (excluding diaryl/α,β-unsaturated/α-hetero) is 1.